The zero-order valence-electron chi connectivity index (χ0n) is 14.5. The molecule has 25 heavy (non-hydrogen) atoms. The first-order valence-corrected chi connectivity index (χ1v) is 9.01. The Balaban J connectivity index is 1.61. The molecule has 5 nitrogen and oxygen atoms in total. The lowest BCUT2D eigenvalue weighted by Gasteiger charge is -2.29. The summed E-state index contributed by atoms with van der Waals surface area (Å²) >= 11 is 6.02. The number of furan rings is 1. The van der Waals surface area contributed by atoms with Crippen molar-refractivity contribution in [1.82, 2.24) is 15.1 Å². The maximum Gasteiger partial charge on any atom is 0.317 e. The number of carbonyl (C=O) groups excluding carboxylic acids is 1. The number of likely N-dealkylation sites (tertiary alicyclic amines) is 1. The minimum Gasteiger partial charge on any atom is -0.472 e. The van der Waals surface area contributed by atoms with E-state index < -0.39 is 0 Å². The van der Waals surface area contributed by atoms with Crippen molar-refractivity contribution in [2.75, 3.05) is 26.7 Å². The minimum atomic E-state index is -0.0839. The number of benzene rings is 1. The first-order chi connectivity index (χ1) is 12.1. The van der Waals surface area contributed by atoms with Crippen LogP contribution in [0.15, 0.2) is 47.3 Å². The average molecular weight is 362 g/mol. The zero-order valence-corrected chi connectivity index (χ0v) is 15.2. The summed E-state index contributed by atoms with van der Waals surface area (Å²) in [5, 5.41) is 3.80. The molecule has 1 atom stereocenters. The van der Waals surface area contributed by atoms with Gasteiger partial charge in [0, 0.05) is 24.2 Å². The van der Waals surface area contributed by atoms with Gasteiger partial charge in [0.15, 0.2) is 0 Å². The van der Waals surface area contributed by atoms with E-state index in [-0.39, 0.29) is 12.1 Å². The molecule has 1 aliphatic rings. The topological polar surface area (TPSA) is 48.7 Å². The van der Waals surface area contributed by atoms with E-state index in [0.29, 0.717) is 13.1 Å². The van der Waals surface area contributed by atoms with E-state index in [4.69, 9.17) is 16.0 Å². The highest BCUT2D eigenvalue weighted by molar-refractivity contribution is 6.30. The van der Waals surface area contributed by atoms with Gasteiger partial charge in [-0.1, -0.05) is 23.7 Å². The van der Waals surface area contributed by atoms with Crippen molar-refractivity contribution in [3.63, 3.8) is 0 Å². The summed E-state index contributed by atoms with van der Waals surface area (Å²) in [6, 6.07) is 9.87. The average Bonchev–Trinajstić information content (AvgIpc) is 3.30. The van der Waals surface area contributed by atoms with Crippen LogP contribution >= 0.6 is 11.6 Å². The summed E-state index contributed by atoms with van der Waals surface area (Å²) in [6.45, 7) is 3.23. The van der Waals surface area contributed by atoms with Gasteiger partial charge in [0.2, 0.25) is 0 Å². The maximum absolute atomic E-state index is 12.4. The lowest BCUT2D eigenvalue weighted by molar-refractivity contribution is 0.195. The van der Waals surface area contributed by atoms with E-state index in [9.17, 15) is 4.79 Å². The van der Waals surface area contributed by atoms with E-state index in [1.807, 2.05) is 30.3 Å². The molecule has 2 amide bonds. The van der Waals surface area contributed by atoms with E-state index in [1.165, 1.54) is 18.4 Å². The molecule has 0 bridgehead atoms. The van der Waals surface area contributed by atoms with Gasteiger partial charge in [-0.2, -0.15) is 0 Å². The molecule has 0 spiro atoms. The Morgan fingerprint density at radius 3 is 2.64 bits per heavy atom. The SMILES string of the molecule is CN(Cc1ccoc1)C(=O)NC[C@@H](c1ccc(Cl)cc1)N1CCCC1. The third-order valence-corrected chi connectivity index (χ3v) is 4.88. The molecule has 0 aliphatic carbocycles. The number of urea groups is 1. The number of hydrogen-bond donors (Lipinski definition) is 1. The Bertz CT molecular complexity index is 666. The monoisotopic (exact) mass is 361 g/mol. The molecule has 0 unspecified atom stereocenters. The van der Waals surface area contributed by atoms with Crippen molar-refractivity contribution in [3.8, 4) is 0 Å². The Hall–Kier alpha value is -1.98. The van der Waals surface area contributed by atoms with Crippen LogP contribution in [-0.2, 0) is 6.54 Å². The predicted octanol–water partition coefficient (Wildman–Crippen LogP) is 3.91. The summed E-state index contributed by atoms with van der Waals surface area (Å²) < 4.78 is 5.05. The Morgan fingerprint density at radius 1 is 1.28 bits per heavy atom. The van der Waals surface area contributed by atoms with Crippen LogP contribution in [0.3, 0.4) is 0 Å². The normalized spacial score (nSPS) is 15.9. The lowest BCUT2D eigenvalue weighted by atomic mass is 10.1. The third kappa shape index (κ3) is 4.77. The molecule has 2 heterocycles. The fraction of sp³-hybridized carbons (Fsp3) is 0.421. The predicted molar refractivity (Wildman–Crippen MR) is 98.6 cm³/mol. The summed E-state index contributed by atoms with van der Waals surface area (Å²) in [7, 11) is 1.79. The molecule has 2 aromatic rings. The maximum atomic E-state index is 12.4. The van der Waals surface area contributed by atoms with Crippen LogP contribution in [0.25, 0.3) is 0 Å². The second-order valence-electron chi connectivity index (χ2n) is 6.48. The Kier molecular flexibility index (Phi) is 6.00. The molecule has 1 N–H and O–H groups in total. The van der Waals surface area contributed by atoms with Gasteiger partial charge in [-0.3, -0.25) is 4.90 Å². The standard InChI is InChI=1S/C19H24ClN3O2/c1-22(13-15-8-11-25-14-15)19(24)21-12-18(23-9-2-3-10-23)16-4-6-17(20)7-5-16/h4-8,11,14,18H,2-3,9-10,12-13H2,1H3,(H,21,24)/t18-/m0/s1. The minimum absolute atomic E-state index is 0.0839. The largest absolute Gasteiger partial charge is 0.472 e. The molecule has 1 aliphatic heterocycles. The van der Waals surface area contributed by atoms with E-state index >= 15 is 0 Å². The highest BCUT2D eigenvalue weighted by Gasteiger charge is 2.24. The van der Waals surface area contributed by atoms with Gasteiger partial charge in [-0.05, 0) is 49.7 Å². The van der Waals surface area contributed by atoms with Crippen molar-refractivity contribution in [2.45, 2.75) is 25.4 Å². The van der Waals surface area contributed by atoms with Crippen molar-refractivity contribution in [2.24, 2.45) is 0 Å². The molecule has 0 radical (unpaired) electrons. The summed E-state index contributed by atoms with van der Waals surface area (Å²) in [4.78, 5) is 16.5. The van der Waals surface area contributed by atoms with Crippen molar-refractivity contribution in [3.05, 3.63) is 59.0 Å². The number of hydrogen-bond acceptors (Lipinski definition) is 3. The quantitative estimate of drug-likeness (QED) is 0.848. The number of nitrogens with one attached hydrogen (secondary N) is 1. The van der Waals surface area contributed by atoms with Crippen LogP contribution in [-0.4, -0.2) is 42.5 Å². The Labute approximate surface area is 153 Å². The smallest absolute Gasteiger partial charge is 0.317 e. The molecule has 1 aromatic heterocycles. The van der Waals surface area contributed by atoms with Crippen molar-refractivity contribution in [1.29, 1.82) is 0 Å². The van der Waals surface area contributed by atoms with Crippen LogP contribution in [0.5, 0.6) is 0 Å². The number of halogens is 1. The zero-order chi connectivity index (χ0) is 17.6. The third-order valence-electron chi connectivity index (χ3n) is 4.63. The van der Waals surface area contributed by atoms with Gasteiger partial charge >= 0.3 is 6.03 Å². The molecule has 1 fully saturated rings. The molecule has 1 aromatic carbocycles. The van der Waals surface area contributed by atoms with Crippen molar-refractivity contribution >= 4 is 17.6 Å². The van der Waals surface area contributed by atoms with Crippen LogP contribution in [0.1, 0.15) is 30.0 Å². The van der Waals surface area contributed by atoms with Gasteiger partial charge in [0.1, 0.15) is 0 Å². The summed E-state index contributed by atoms with van der Waals surface area (Å²) in [5.74, 6) is 0. The van der Waals surface area contributed by atoms with Crippen molar-refractivity contribution < 1.29 is 9.21 Å². The molecule has 1 saturated heterocycles. The lowest BCUT2D eigenvalue weighted by Crippen LogP contribution is -2.42. The molecular formula is C19H24ClN3O2. The number of amides is 2. The number of carbonyl (C=O) groups is 1. The second kappa shape index (κ2) is 8.41. The Morgan fingerprint density at radius 2 is 2.00 bits per heavy atom. The summed E-state index contributed by atoms with van der Waals surface area (Å²) in [6.07, 6.45) is 5.69. The van der Waals surface area contributed by atoms with Gasteiger partial charge < -0.3 is 14.6 Å². The van der Waals surface area contributed by atoms with Gasteiger partial charge in [0.05, 0.1) is 25.1 Å². The fourth-order valence-electron chi connectivity index (χ4n) is 3.24. The molecule has 6 heteroatoms. The first kappa shape index (κ1) is 17.8. The van der Waals surface area contributed by atoms with E-state index in [2.05, 4.69) is 10.2 Å². The molecular weight excluding hydrogens is 338 g/mol. The van der Waals surface area contributed by atoms with E-state index in [1.54, 1.807) is 24.5 Å². The molecule has 3 rings (SSSR count). The first-order valence-electron chi connectivity index (χ1n) is 8.63. The highest BCUT2D eigenvalue weighted by Crippen LogP contribution is 2.25. The van der Waals surface area contributed by atoms with Crippen LogP contribution < -0.4 is 5.32 Å². The molecule has 0 saturated carbocycles. The van der Waals surface area contributed by atoms with Crippen LogP contribution in [0.4, 0.5) is 4.79 Å². The van der Waals surface area contributed by atoms with Crippen LogP contribution in [0.2, 0.25) is 5.02 Å². The highest BCUT2D eigenvalue weighted by atomic mass is 35.5. The van der Waals surface area contributed by atoms with Crippen LogP contribution in [0, 0.1) is 0 Å². The summed E-state index contributed by atoms with van der Waals surface area (Å²) in [5.41, 5.74) is 2.16. The van der Waals surface area contributed by atoms with Gasteiger partial charge in [-0.15, -0.1) is 0 Å². The second-order valence-corrected chi connectivity index (χ2v) is 6.92. The molecule has 134 valence electrons. The van der Waals surface area contributed by atoms with Gasteiger partial charge in [-0.25, -0.2) is 4.79 Å². The number of rotatable bonds is 6. The van der Waals surface area contributed by atoms with Gasteiger partial charge in [0.25, 0.3) is 0 Å². The number of nitrogens with zero attached hydrogens (tertiary/aromatic N) is 2. The fourth-order valence-corrected chi connectivity index (χ4v) is 3.37. The van der Waals surface area contributed by atoms with E-state index in [0.717, 1.165) is 23.7 Å².